The van der Waals surface area contributed by atoms with E-state index < -0.39 is 29.4 Å². The number of carbonyl (C=O) groups is 3. The molecule has 1 heterocycles. The molecule has 0 radical (unpaired) electrons. The molecule has 0 aliphatic rings. The van der Waals surface area contributed by atoms with Crippen LogP contribution in [-0.2, 0) is 14.3 Å². The lowest BCUT2D eigenvalue weighted by atomic mass is 10.1. The van der Waals surface area contributed by atoms with Crippen molar-refractivity contribution in [3.8, 4) is 23.5 Å². The Morgan fingerprint density at radius 2 is 1.64 bits per heavy atom. The standard InChI is InChI=1S/C22H28N4O7/c1-13(19(28)23-12-18(27)33-22(2,3)4)24-20(29)14-9-7-8-10-15(14)32-21-25-16(30-5)11-17(26-21)31-6/h7-11,13H,12H2,1-6H3,(H,23,28)(H,24,29)/t13-/m0/s1. The molecule has 0 spiro atoms. The van der Waals surface area contributed by atoms with Gasteiger partial charge in [-0.2, -0.15) is 9.97 Å². The first-order valence-corrected chi connectivity index (χ1v) is 10.1. The van der Waals surface area contributed by atoms with Crippen LogP contribution in [0.5, 0.6) is 23.5 Å². The lowest BCUT2D eigenvalue weighted by Gasteiger charge is -2.20. The molecule has 2 aromatic rings. The van der Waals surface area contributed by atoms with Crippen molar-refractivity contribution in [1.29, 1.82) is 0 Å². The molecule has 2 N–H and O–H groups in total. The van der Waals surface area contributed by atoms with Crippen LogP contribution in [0, 0.1) is 0 Å². The van der Waals surface area contributed by atoms with Gasteiger partial charge in [0.1, 0.15) is 23.9 Å². The number of carbonyl (C=O) groups excluding carboxylic acids is 3. The first-order valence-electron chi connectivity index (χ1n) is 10.1. The average molecular weight is 460 g/mol. The van der Waals surface area contributed by atoms with E-state index in [-0.39, 0.29) is 35.6 Å². The van der Waals surface area contributed by atoms with Gasteiger partial charge >= 0.3 is 12.0 Å². The van der Waals surface area contributed by atoms with Crippen molar-refractivity contribution in [2.24, 2.45) is 0 Å². The number of rotatable bonds is 9. The molecule has 2 amide bonds. The van der Waals surface area contributed by atoms with E-state index in [0.717, 1.165) is 0 Å². The summed E-state index contributed by atoms with van der Waals surface area (Å²) in [5.41, 5.74) is -0.517. The van der Waals surface area contributed by atoms with E-state index in [1.165, 1.54) is 33.3 Å². The second kappa shape index (κ2) is 11.1. The number of ether oxygens (including phenoxy) is 4. The first-order chi connectivity index (χ1) is 15.5. The Kier molecular flexibility index (Phi) is 8.55. The maximum atomic E-state index is 12.8. The third-order valence-corrected chi connectivity index (χ3v) is 3.98. The zero-order chi connectivity index (χ0) is 24.6. The van der Waals surface area contributed by atoms with Gasteiger partial charge in [0.25, 0.3) is 5.91 Å². The van der Waals surface area contributed by atoms with Crippen LogP contribution in [0.4, 0.5) is 0 Å². The van der Waals surface area contributed by atoms with Crippen LogP contribution in [0.3, 0.4) is 0 Å². The number of hydrogen-bond donors (Lipinski definition) is 2. The maximum absolute atomic E-state index is 12.8. The number of benzene rings is 1. The fourth-order valence-corrected chi connectivity index (χ4v) is 2.51. The highest BCUT2D eigenvalue weighted by molar-refractivity contribution is 5.99. The Labute approximate surface area is 191 Å². The molecular weight excluding hydrogens is 432 g/mol. The van der Waals surface area contributed by atoms with Crippen molar-refractivity contribution in [1.82, 2.24) is 20.6 Å². The quantitative estimate of drug-likeness (QED) is 0.537. The molecule has 1 atom stereocenters. The molecule has 0 fully saturated rings. The average Bonchev–Trinajstić information content (AvgIpc) is 2.76. The summed E-state index contributed by atoms with van der Waals surface area (Å²) in [6.07, 6.45) is 0. The summed E-state index contributed by atoms with van der Waals surface area (Å²) in [5.74, 6) is -1.11. The number of nitrogens with one attached hydrogen (secondary N) is 2. The fourth-order valence-electron chi connectivity index (χ4n) is 2.51. The van der Waals surface area contributed by atoms with Crippen molar-refractivity contribution in [2.45, 2.75) is 39.3 Å². The fraction of sp³-hybridized carbons (Fsp3) is 0.409. The molecule has 11 heteroatoms. The summed E-state index contributed by atoms with van der Waals surface area (Å²) in [4.78, 5) is 45.0. The molecule has 1 aromatic heterocycles. The van der Waals surface area contributed by atoms with Gasteiger partial charge in [-0.15, -0.1) is 0 Å². The van der Waals surface area contributed by atoms with Gasteiger partial charge in [-0.3, -0.25) is 14.4 Å². The summed E-state index contributed by atoms with van der Waals surface area (Å²) in [7, 11) is 2.87. The molecule has 1 aromatic carbocycles. The lowest BCUT2D eigenvalue weighted by molar-refractivity contribution is -0.154. The molecule has 33 heavy (non-hydrogen) atoms. The number of methoxy groups -OCH3 is 2. The van der Waals surface area contributed by atoms with Crippen LogP contribution in [0.2, 0.25) is 0 Å². The van der Waals surface area contributed by atoms with Crippen molar-refractivity contribution in [2.75, 3.05) is 20.8 Å². The zero-order valence-corrected chi connectivity index (χ0v) is 19.4. The summed E-state index contributed by atoms with van der Waals surface area (Å²) >= 11 is 0. The second-order valence-electron chi connectivity index (χ2n) is 7.83. The Morgan fingerprint density at radius 3 is 2.21 bits per heavy atom. The third kappa shape index (κ3) is 7.95. The van der Waals surface area contributed by atoms with Crippen LogP contribution in [0.15, 0.2) is 30.3 Å². The number of hydrogen-bond acceptors (Lipinski definition) is 9. The number of esters is 1. The Balaban J connectivity index is 2.06. The van der Waals surface area contributed by atoms with Gasteiger partial charge in [0, 0.05) is 0 Å². The second-order valence-corrected chi connectivity index (χ2v) is 7.83. The SMILES string of the molecule is COc1cc(OC)nc(Oc2ccccc2C(=O)N[C@@H](C)C(=O)NCC(=O)OC(C)(C)C)n1. The number of nitrogens with zero attached hydrogens (tertiary/aromatic N) is 2. The molecule has 0 unspecified atom stereocenters. The summed E-state index contributed by atoms with van der Waals surface area (Å²) in [6.45, 7) is 6.35. The van der Waals surface area contributed by atoms with Crippen molar-refractivity contribution >= 4 is 17.8 Å². The predicted octanol–water partition coefficient (Wildman–Crippen LogP) is 1.86. The van der Waals surface area contributed by atoms with Crippen molar-refractivity contribution in [3.63, 3.8) is 0 Å². The summed E-state index contributed by atoms with van der Waals surface area (Å²) < 4.78 is 21.0. The lowest BCUT2D eigenvalue weighted by Crippen LogP contribution is -2.46. The van der Waals surface area contributed by atoms with Crippen LogP contribution in [0.1, 0.15) is 38.1 Å². The van der Waals surface area contributed by atoms with Crippen LogP contribution in [-0.4, -0.2) is 60.2 Å². The molecular formula is C22H28N4O7. The minimum Gasteiger partial charge on any atom is -0.481 e. The predicted molar refractivity (Wildman–Crippen MR) is 117 cm³/mol. The van der Waals surface area contributed by atoms with Gasteiger partial charge in [-0.05, 0) is 39.8 Å². The van der Waals surface area contributed by atoms with Gasteiger partial charge in [-0.25, -0.2) is 0 Å². The van der Waals surface area contributed by atoms with Crippen molar-refractivity contribution < 1.29 is 33.3 Å². The van der Waals surface area contributed by atoms with Gasteiger partial charge in [0.15, 0.2) is 0 Å². The highest BCUT2D eigenvalue weighted by Crippen LogP contribution is 2.26. The maximum Gasteiger partial charge on any atom is 0.328 e. The molecule has 0 saturated carbocycles. The number of amides is 2. The van der Waals surface area contributed by atoms with E-state index in [0.29, 0.717) is 0 Å². The summed E-state index contributed by atoms with van der Waals surface area (Å²) in [5, 5.41) is 5.00. The molecule has 0 saturated heterocycles. The smallest absolute Gasteiger partial charge is 0.328 e. The van der Waals surface area contributed by atoms with E-state index >= 15 is 0 Å². The molecule has 178 valence electrons. The summed E-state index contributed by atoms with van der Waals surface area (Å²) in [6, 6.07) is 6.84. The van der Waals surface area contributed by atoms with Crippen LogP contribution >= 0.6 is 0 Å². The Hall–Kier alpha value is -3.89. The molecule has 0 aliphatic heterocycles. The first kappa shape index (κ1) is 25.4. The minimum absolute atomic E-state index is 0.0883. The zero-order valence-electron chi connectivity index (χ0n) is 19.4. The number of aromatic nitrogens is 2. The minimum atomic E-state index is -0.929. The van der Waals surface area contributed by atoms with Crippen molar-refractivity contribution in [3.05, 3.63) is 35.9 Å². The number of para-hydroxylation sites is 1. The van der Waals surface area contributed by atoms with E-state index in [1.54, 1.807) is 39.0 Å². The normalized spacial score (nSPS) is 11.7. The Bertz CT molecular complexity index is 982. The molecule has 2 rings (SSSR count). The third-order valence-electron chi connectivity index (χ3n) is 3.98. The van der Waals surface area contributed by atoms with E-state index in [1.807, 2.05) is 0 Å². The van der Waals surface area contributed by atoms with Gasteiger partial charge < -0.3 is 29.6 Å². The van der Waals surface area contributed by atoms with Gasteiger partial charge in [-0.1, -0.05) is 12.1 Å². The highest BCUT2D eigenvalue weighted by Gasteiger charge is 2.22. The van der Waals surface area contributed by atoms with Gasteiger partial charge in [0.2, 0.25) is 17.7 Å². The Morgan fingerprint density at radius 1 is 1.03 bits per heavy atom. The monoisotopic (exact) mass is 460 g/mol. The van der Waals surface area contributed by atoms with Crippen LogP contribution < -0.4 is 24.8 Å². The largest absolute Gasteiger partial charge is 0.481 e. The topological polar surface area (TPSA) is 138 Å². The van der Waals surface area contributed by atoms with Gasteiger partial charge in [0.05, 0.1) is 25.8 Å². The molecule has 0 bridgehead atoms. The van der Waals surface area contributed by atoms with Crippen LogP contribution in [0.25, 0.3) is 0 Å². The van der Waals surface area contributed by atoms with E-state index in [9.17, 15) is 14.4 Å². The van der Waals surface area contributed by atoms with E-state index in [4.69, 9.17) is 18.9 Å². The highest BCUT2D eigenvalue weighted by atomic mass is 16.6. The van der Waals surface area contributed by atoms with E-state index in [2.05, 4.69) is 20.6 Å². The molecule has 0 aliphatic carbocycles. The molecule has 11 nitrogen and oxygen atoms in total.